The van der Waals surface area contributed by atoms with Gasteiger partial charge in [0.25, 0.3) is 0 Å². The first-order chi connectivity index (χ1) is 14.1. The molecular formula is C21H21N3O6Sm. The summed E-state index contributed by atoms with van der Waals surface area (Å²) < 4.78 is 0. The first kappa shape index (κ1) is 27.8. The van der Waals surface area contributed by atoms with Crippen molar-refractivity contribution in [2.24, 2.45) is 0 Å². The fraction of sp³-hybridized carbons (Fsp3) is 0. The second-order valence-electron chi connectivity index (χ2n) is 5.78. The van der Waals surface area contributed by atoms with Crippen molar-refractivity contribution in [2.45, 2.75) is 0 Å². The van der Waals surface area contributed by atoms with Gasteiger partial charge in [0, 0.05) is 57.5 Å². The van der Waals surface area contributed by atoms with Gasteiger partial charge in [-0.25, -0.2) is 14.4 Å². The molecule has 3 aromatic rings. The minimum atomic E-state index is -0.931. The van der Waals surface area contributed by atoms with Gasteiger partial charge in [-0.05, 0) is 72.8 Å². The molecule has 0 heterocycles. The van der Waals surface area contributed by atoms with Gasteiger partial charge in [0.05, 0.1) is 16.7 Å². The maximum absolute atomic E-state index is 10.3. The van der Waals surface area contributed by atoms with Crippen LogP contribution >= 0.6 is 0 Å². The van der Waals surface area contributed by atoms with Crippen LogP contribution in [0.5, 0.6) is 0 Å². The molecule has 0 aromatic heterocycles. The van der Waals surface area contributed by atoms with E-state index in [4.69, 9.17) is 32.5 Å². The normalized spacial score (nSPS) is 8.90. The second kappa shape index (κ2) is 13.9. The third-order valence-electron chi connectivity index (χ3n) is 3.47. The van der Waals surface area contributed by atoms with Crippen molar-refractivity contribution in [1.82, 2.24) is 0 Å². The summed E-state index contributed by atoms with van der Waals surface area (Å²) in [5.41, 5.74) is 18.5. The SMILES string of the molecule is Nc1ccc(C(=O)O)cc1.Nc1ccc(C(=O)O)cc1.Nc1ccc(C(=O)O)cc1.[Sm]. The van der Waals surface area contributed by atoms with E-state index < -0.39 is 17.9 Å². The number of hydrogen-bond acceptors (Lipinski definition) is 6. The smallest absolute Gasteiger partial charge is 0.335 e. The quantitative estimate of drug-likeness (QED) is 0.261. The predicted octanol–water partition coefficient (Wildman–Crippen LogP) is 2.90. The third kappa shape index (κ3) is 11.0. The first-order valence-electron chi connectivity index (χ1n) is 8.36. The van der Waals surface area contributed by atoms with Crippen molar-refractivity contribution in [3.8, 4) is 0 Å². The molecule has 0 radical (unpaired) electrons. The fourth-order valence-corrected chi connectivity index (χ4v) is 1.88. The number of rotatable bonds is 3. The maximum atomic E-state index is 10.3. The summed E-state index contributed by atoms with van der Waals surface area (Å²) in [5, 5.41) is 25.3. The van der Waals surface area contributed by atoms with Crippen LogP contribution in [0.1, 0.15) is 31.1 Å². The molecule has 9 N–H and O–H groups in total. The molecule has 0 bridgehead atoms. The molecular weight excluding hydrogens is 541 g/mol. The average Bonchev–Trinajstić information content (AvgIpc) is 2.70. The monoisotopic (exact) mass is 563 g/mol. The van der Waals surface area contributed by atoms with Crippen molar-refractivity contribution >= 4 is 35.0 Å². The Hall–Kier alpha value is -3.19. The molecule has 0 saturated heterocycles. The number of carboxylic acid groups (broad SMARTS) is 3. The van der Waals surface area contributed by atoms with Crippen LogP contribution in [0.2, 0.25) is 0 Å². The Labute approximate surface area is 210 Å². The van der Waals surface area contributed by atoms with E-state index in [-0.39, 0.29) is 57.1 Å². The first-order valence-corrected chi connectivity index (χ1v) is 8.36. The van der Waals surface area contributed by atoms with Crippen LogP contribution in [0.3, 0.4) is 0 Å². The van der Waals surface area contributed by atoms with Gasteiger partial charge < -0.3 is 32.5 Å². The summed E-state index contributed by atoms with van der Waals surface area (Å²) >= 11 is 0. The number of hydrogen-bond donors (Lipinski definition) is 6. The van der Waals surface area contributed by atoms with Crippen LogP contribution < -0.4 is 17.2 Å². The van der Waals surface area contributed by atoms with Gasteiger partial charge in [0.2, 0.25) is 0 Å². The summed E-state index contributed by atoms with van der Waals surface area (Å²) in [6, 6.07) is 18.2. The topological polar surface area (TPSA) is 190 Å². The largest absolute Gasteiger partial charge is 0.478 e. The molecule has 0 unspecified atom stereocenters. The minimum absolute atomic E-state index is 0. The van der Waals surface area contributed by atoms with E-state index in [0.29, 0.717) is 17.1 Å². The third-order valence-corrected chi connectivity index (χ3v) is 3.47. The van der Waals surface area contributed by atoms with Crippen LogP contribution in [0, 0.1) is 40.4 Å². The van der Waals surface area contributed by atoms with Crippen molar-refractivity contribution in [1.29, 1.82) is 0 Å². The fourth-order valence-electron chi connectivity index (χ4n) is 1.88. The van der Waals surface area contributed by atoms with Crippen LogP contribution in [0.15, 0.2) is 72.8 Å². The molecule has 0 aliphatic carbocycles. The van der Waals surface area contributed by atoms with E-state index in [9.17, 15) is 14.4 Å². The Morgan fingerprint density at radius 1 is 0.452 bits per heavy atom. The van der Waals surface area contributed by atoms with Gasteiger partial charge in [-0.3, -0.25) is 0 Å². The molecule has 0 amide bonds. The number of nitrogen functional groups attached to an aromatic ring is 3. The minimum Gasteiger partial charge on any atom is -0.478 e. The van der Waals surface area contributed by atoms with E-state index in [1.807, 2.05) is 0 Å². The summed E-state index contributed by atoms with van der Waals surface area (Å²) in [6.45, 7) is 0. The molecule has 0 aliphatic heterocycles. The summed E-state index contributed by atoms with van der Waals surface area (Å²) in [6.07, 6.45) is 0. The molecule has 10 heteroatoms. The van der Waals surface area contributed by atoms with Crippen molar-refractivity contribution in [2.75, 3.05) is 17.2 Å². The molecule has 0 saturated carbocycles. The number of benzene rings is 3. The van der Waals surface area contributed by atoms with Gasteiger partial charge in [0.15, 0.2) is 0 Å². The van der Waals surface area contributed by atoms with E-state index in [1.54, 1.807) is 36.4 Å². The molecule has 0 spiro atoms. The maximum Gasteiger partial charge on any atom is 0.335 e. The van der Waals surface area contributed by atoms with Crippen molar-refractivity contribution < 1.29 is 70.1 Å². The van der Waals surface area contributed by atoms with Gasteiger partial charge in [-0.2, -0.15) is 0 Å². The van der Waals surface area contributed by atoms with Gasteiger partial charge in [0.1, 0.15) is 0 Å². The average molecular weight is 562 g/mol. The summed E-state index contributed by atoms with van der Waals surface area (Å²) in [7, 11) is 0. The number of nitrogens with two attached hydrogens (primary N) is 3. The van der Waals surface area contributed by atoms with Crippen LogP contribution in [0.4, 0.5) is 17.1 Å². The van der Waals surface area contributed by atoms with Crippen molar-refractivity contribution in [3.05, 3.63) is 89.5 Å². The Morgan fingerprint density at radius 3 is 0.742 bits per heavy atom. The summed E-state index contributed by atoms with van der Waals surface area (Å²) in [4.78, 5) is 30.8. The molecule has 162 valence electrons. The number of carboxylic acids is 3. The zero-order chi connectivity index (χ0) is 22.7. The van der Waals surface area contributed by atoms with Gasteiger partial charge in [-0.1, -0.05) is 0 Å². The van der Waals surface area contributed by atoms with E-state index in [2.05, 4.69) is 0 Å². The van der Waals surface area contributed by atoms with Gasteiger partial charge >= 0.3 is 17.9 Å². The van der Waals surface area contributed by atoms with Crippen LogP contribution in [0.25, 0.3) is 0 Å². The summed E-state index contributed by atoms with van der Waals surface area (Å²) in [5.74, 6) is -2.79. The number of aromatic carboxylic acids is 3. The molecule has 0 aliphatic rings. The Morgan fingerprint density at radius 2 is 0.613 bits per heavy atom. The predicted molar refractivity (Wildman–Crippen MR) is 113 cm³/mol. The van der Waals surface area contributed by atoms with E-state index in [1.165, 1.54) is 36.4 Å². The zero-order valence-corrected chi connectivity index (χ0v) is 18.8. The number of carbonyl (C=O) groups is 3. The van der Waals surface area contributed by atoms with E-state index in [0.717, 1.165) is 0 Å². The zero-order valence-electron chi connectivity index (χ0n) is 16.1. The van der Waals surface area contributed by atoms with Crippen LogP contribution in [-0.2, 0) is 0 Å². The molecule has 3 aromatic carbocycles. The Kier molecular flexibility index (Phi) is 12.5. The Balaban J connectivity index is 0.000000429. The molecule has 31 heavy (non-hydrogen) atoms. The van der Waals surface area contributed by atoms with E-state index >= 15 is 0 Å². The van der Waals surface area contributed by atoms with Crippen molar-refractivity contribution in [3.63, 3.8) is 0 Å². The number of anilines is 3. The molecule has 0 atom stereocenters. The molecule has 3 rings (SSSR count). The second-order valence-corrected chi connectivity index (χ2v) is 5.78. The molecule has 9 nitrogen and oxygen atoms in total. The van der Waals surface area contributed by atoms with Crippen LogP contribution in [-0.4, -0.2) is 33.2 Å². The standard InChI is InChI=1S/3C7H7NO2.Sm/c3*8-6-3-1-5(2-4-6)7(9)10;/h3*1-4H,8H2,(H,9,10);. The van der Waals surface area contributed by atoms with Gasteiger partial charge in [-0.15, -0.1) is 0 Å². The molecule has 0 fully saturated rings. The Bertz CT molecular complexity index is 859.